The third kappa shape index (κ3) is 5.01. The molecule has 6 aromatic rings. The second-order valence-corrected chi connectivity index (χ2v) is 11.6. The average molecular weight is 557 g/mol. The fourth-order valence-electron chi connectivity index (χ4n) is 4.54. The van der Waals surface area contributed by atoms with E-state index in [9.17, 15) is 12.8 Å². The van der Waals surface area contributed by atoms with Gasteiger partial charge in [0.05, 0.1) is 40.4 Å². The molecule has 10 nitrogen and oxygen atoms in total. The minimum absolute atomic E-state index is 0.0222. The minimum Gasteiger partial charge on any atom is -0.376 e. The van der Waals surface area contributed by atoms with Gasteiger partial charge in [-0.15, -0.1) is 0 Å². The number of sulfonamides is 1. The molecule has 202 valence electrons. The number of pyridine rings is 2. The summed E-state index contributed by atoms with van der Waals surface area (Å²) in [7, 11) is 0.489. The van der Waals surface area contributed by atoms with E-state index < -0.39 is 15.8 Å². The molecule has 4 aromatic heterocycles. The van der Waals surface area contributed by atoms with Gasteiger partial charge in [0.1, 0.15) is 11.3 Å². The van der Waals surface area contributed by atoms with E-state index in [1.807, 2.05) is 55.4 Å². The number of nitrogens with zero attached hydrogens (tertiary/aromatic N) is 5. The lowest BCUT2D eigenvalue weighted by Gasteiger charge is -2.12. The molecule has 0 saturated heterocycles. The first-order valence-corrected chi connectivity index (χ1v) is 14.3. The Bertz CT molecular complexity index is 2000. The van der Waals surface area contributed by atoms with Gasteiger partial charge in [-0.05, 0) is 53.6 Å². The Morgan fingerprint density at radius 1 is 0.950 bits per heavy atom. The highest BCUT2D eigenvalue weighted by molar-refractivity contribution is 7.88. The fraction of sp³-hybridized carbons (Fsp3) is 0.143. The van der Waals surface area contributed by atoms with E-state index >= 15 is 0 Å². The number of aromatic nitrogens is 6. The number of para-hydroxylation sites is 1. The molecule has 0 saturated carbocycles. The van der Waals surface area contributed by atoms with Crippen LogP contribution in [0.3, 0.4) is 0 Å². The fourth-order valence-corrected chi connectivity index (χ4v) is 4.97. The zero-order valence-electron chi connectivity index (χ0n) is 21.9. The maximum absolute atomic E-state index is 14.5. The van der Waals surface area contributed by atoms with E-state index in [-0.39, 0.29) is 6.54 Å². The van der Waals surface area contributed by atoms with Gasteiger partial charge < -0.3 is 9.88 Å². The van der Waals surface area contributed by atoms with Crippen LogP contribution in [0, 0.1) is 5.82 Å². The summed E-state index contributed by atoms with van der Waals surface area (Å²) in [5.41, 5.74) is 7.67. The Morgan fingerprint density at radius 2 is 1.80 bits per heavy atom. The molecule has 0 fully saturated rings. The molecule has 40 heavy (non-hydrogen) atoms. The minimum atomic E-state index is -3.43. The van der Waals surface area contributed by atoms with Crippen LogP contribution < -0.4 is 9.62 Å². The van der Waals surface area contributed by atoms with Crippen molar-refractivity contribution >= 4 is 37.8 Å². The first kappa shape index (κ1) is 25.6. The normalized spacial score (nSPS) is 11.9. The van der Waals surface area contributed by atoms with Gasteiger partial charge >= 0.3 is 0 Å². The van der Waals surface area contributed by atoms with Crippen LogP contribution >= 0.6 is 0 Å². The number of anilines is 1. The number of hydrogen-bond donors (Lipinski definition) is 3. The van der Waals surface area contributed by atoms with Crippen molar-refractivity contribution < 1.29 is 12.8 Å². The summed E-state index contributed by atoms with van der Waals surface area (Å²) in [6.45, 7) is -0.0222. The molecule has 0 aliphatic carbocycles. The number of nitrogens with one attached hydrogen (secondary N) is 3. The third-order valence-electron chi connectivity index (χ3n) is 6.49. The summed E-state index contributed by atoms with van der Waals surface area (Å²) in [5.74, 6) is 0.0345. The smallest absolute Gasteiger partial charge is 0.209 e. The van der Waals surface area contributed by atoms with Crippen LogP contribution in [-0.2, 0) is 16.6 Å². The van der Waals surface area contributed by atoms with Crippen LogP contribution in [0.5, 0.6) is 0 Å². The molecule has 6 rings (SSSR count). The monoisotopic (exact) mass is 556 g/mol. The lowest BCUT2D eigenvalue weighted by molar-refractivity contribution is 0.586. The lowest BCUT2D eigenvalue weighted by Crippen LogP contribution is -2.21. The van der Waals surface area contributed by atoms with Gasteiger partial charge in [0.25, 0.3) is 0 Å². The van der Waals surface area contributed by atoms with Gasteiger partial charge in [-0.3, -0.25) is 10.1 Å². The van der Waals surface area contributed by atoms with Crippen LogP contribution in [0.4, 0.5) is 10.1 Å². The number of hydrogen-bond acceptors (Lipinski definition) is 7. The molecular formula is C28H25FN8O2S. The van der Waals surface area contributed by atoms with Crippen molar-refractivity contribution in [2.75, 3.05) is 25.3 Å². The highest BCUT2D eigenvalue weighted by atomic mass is 32.2. The van der Waals surface area contributed by atoms with E-state index in [4.69, 9.17) is 9.97 Å². The Kier molecular flexibility index (Phi) is 6.28. The van der Waals surface area contributed by atoms with Crippen molar-refractivity contribution in [2.45, 2.75) is 6.54 Å². The number of imidazole rings is 1. The number of halogens is 1. The zero-order valence-corrected chi connectivity index (χ0v) is 22.7. The molecule has 0 aliphatic heterocycles. The number of rotatable bonds is 7. The Morgan fingerprint density at radius 3 is 2.60 bits per heavy atom. The standard InChI is InChI=1S/C28H25FN8O2S/c1-37(2)20-12-18(14-30-15-20)22-7-8-24-26(32-22)27(36-35-24)28-33-23-6-4-5-21(25(23)34-28)17-9-16(10-19(29)11-17)13-31-40(3,38)39/h4-12,14-15,31H,13H2,1-3H3,(H,33,34)(H,35,36). The van der Waals surface area contributed by atoms with Crippen molar-refractivity contribution in [3.05, 3.63) is 78.4 Å². The molecule has 0 spiro atoms. The van der Waals surface area contributed by atoms with Gasteiger partial charge in [0.2, 0.25) is 10.0 Å². The molecule has 4 heterocycles. The second-order valence-electron chi connectivity index (χ2n) is 9.72. The number of benzene rings is 2. The topological polar surface area (TPSA) is 133 Å². The van der Waals surface area contributed by atoms with Crippen molar-refractivity contribution in [1.29, 1.82) is 0 Å². The van der Waals surface area contributed by atoms with Gasteiger partial charge in [-0.2, -0.15) is 5.10 Å². The molecule has 2 aromatic carbocycles. The van der Waals surface area contributed by atoms with Crippen molar-refractivity contribution in [2.24, 2.45) is 0 Å². The van der Waals surface area contributed by atoms with E-state index in [1.165, 1.54) is 12.1 Å². The molecule has 12 heteroatoms. The number of H-pyrrole nitrogens is 2. The summed E-state index contributed by atoms with van der Waals surface area (Å²) in [4.78, 5) is 19.4. The summed E-state index contributed by atoms with van der Waals surface area (Å²) >= 11 is 0. The predicted molar refractivity (Wildman–Crippen MR) is 154 cm³/mol. The maximum Gasteiger partial charge on any atom is 0.209 e. The summed E-state index contributed by atoms with van der Waals surface area (Å²) < 4.78 is 40.0. The molecular weight excluding hydrogens is 531 g/mol. The van der Waals surface area contributed by atoms with Gasteiger partial charge in [-0.1, -0.05) is 12.1 Å². The Balaban J connectivity index is 1.42. The predicted octanol–water partition coefficient (Wildman–Crippen LogP) is 4.48. The van der Waals surface area contributed by atoms with Crippen LogP contribution in [0.2, 0.25) is 0 Å². The Labute approximate surface area is 229 Å². The van der Waals surface area contributed by atoms with Crippen LogP contribution in [-0.4, -0.2) is 58.9 Å². The SMILES string of the molecule is CN(C)c1cncc(-c2ccc3[nH]nc(-c4nc5c(-c6cc(F)cc(CNS(C)(=O)=O)c6)cccc5[nH]4)c3n2)c1. The van der Waals surface area contributed by atoms with Crippen LogP contribution in [0.1, 0.15) is 5.56 Å². The highest BCUT2D eigenvalue weighted by Gasteiger charge is 2.18. The first-order valence-electron chi connectivity index (χ1n) is 12.4. The van der Waals surface area contributed by atoms with Gasteiger partial charge in [0.15, 0.2) is 11.5 Å². The molecule has 0 unspecified atom stereocenters. The number of aromatic amines is 2. The quantitative estimate of drug-likeness (QED) is 0.264. The van der Waals surface area contributed by atoms with Crippen molar-refractivity contribution in [1.82, 2.24) is 34.9 Å². The van der Waals surface area contributed by atoms with Gasteiger partial charge in [-0.25, -0.2) is 27.5 Å². The molecule has 0 bridgehead atoms. The lowest BCUT2D eigenvalue weighted by atomic mass is 10.0. The van der Waals surface area contributed by atoms with Gasteiger partial charge in [0, 0.05) is 38.0 Å². The van der Waals surface area contributed by atoms with E-state index in [2.05, 4.69) is 24.9 Å². The summed E-state index contributed by atoms with van der Waals surface area (Å²) in [6, 6.07) is 15.9. The second kappa shape index (κ2) is 9.81. The van der Waals surface area contributed by atoms with Crippen molar-refractivity contribution in [3.63, 3.8) is 0 Å². The van der Waals surface area contributed by atoms with E-state index in [0.29, 0.717) is 39.2 Å². The highest BCUT2D eigenvalue weighted by Crippen LogP contribution is 2.33. The first-order chi connectivity index (χ1) is 19.1. The van der Waals surface area contributed by atoms with Crippen molar-refractivity contribution in [3.8, 4) is 33.9 Å². The molecule has 0 atom stereocenters. The van der Waals surface area contributed by atoms with E-state index in [0.717, 1.165) is 34.2 Å². The van der Waals surface area contributed by atoms with Crippen LogP contribution in [0.25, 0.3) is 56.0 Å². The molecule has 0 amide bonds. The molecule has 0 aliphatic rings. The largest absolute Gasteiger partial charge is 0.376 e. The maximum atomic E-state index is 14.5. The summed E-state index contributed by atoms with van der Waals surface area (Å²) in [5, 5.41) is 7.51. The summed E-state index contributed by atoms with van der Waals surface area (Å²) in [6.07, 6.45) is 4.63. The van der Waals surface area contributed by atoms with Crippen LogP contribution in [0.15, 0.2) is 67.0 Å². The molecule has 3 N–H and O–H groups in total. The third-order valence-corrected chi connectivity index (χ3v) is 7.16. The number of fused-ring (bicyclic) bond motifs is 2. The Hall–Kier alpha value is -4.68. The molecule has 0 radical (unpaired) electrons. The van der Waals surface area contributed by atoms with E-state index in [1.54, 1.807) is 18.5 Å². The zero-order chi connectivity index (χ0) is 28.0. The average Bonchev–Trinajstić information content (AvgIpc) is 3.55.